The molecule has 0 saturated carbocycles. The molecule has 2 heterocycles. The lowest BCUT2D eigenvalue weighted by molar-refractivity contribution is -0.116. The smallest absolute Gasteiger partial charge is 0.252 e. The number of nitrogens with zero attached hydrogens (tertiary/aromatic N) is 3. The number of pyridine rings is 1. The first kappa shape index (κ1) is 19.6. The van der Waals surface area contributed by atoms with E-state index in [0.29, 0.717) is 11.3 Å². The highest BCUT2D eigenvalue weighted by atomic mass is 16.2. The number of fused-ring (bicyclic) bond motifs is 1. The van der Waals surface area contributed by atoms with Crippen LogP contribution in [0.2, 0.25) is 0 Å². The maximum absolute atomic E-state index is 12.9. The van der Waals surface area contributed by atoms with Crippen molar-refractivity contribution in [2.45, 2.75) is 34.2 Å². The fourth-order valence-electron chi connectivity index (χ4n) is 3.73. The minimum Gasteiger partial charge on any atom is -0.325 e. The van der Waals surface area contributed by atoms with Gasteiger partial charge in [0.25, 0.3) is 5.56 Å². The molecule has 6 nitrogen and oxygen atoms in total. The van der Waals surface area contributed by atoms with E-state index >= 15 is 0 Å². The summed E-state index contributed by atoms with van der Waals surface area (Å²) in [7, 11) is 0. The second-order valence-corrected chi connectivity index (χ2v) is 7.63. The fraction of sp³-hybridized carbons (Fsp3) is 0.208. The summed E-state index contributed by atoms with van der Waals surface area (Å²) < 4.78 is 3.23. The summed E-state index contributed by atoms with van der Waals surface area (Å²) in [5, 5.41) is 8.45. The highest BCUT2D eigenvalue weighted by Gasteiger charge is 2.18. The average Bonchev–Trinajstić information content (AvgIpc) is 3.06. The van der Waals surface area contributed by atoms with Crippen LogP contribution in [0.3, 0.4) is 0 Å². The van der Waals surface area contributed by atoms with E-state index in [2.05, 4.69) is 10.4 Å². The van der Waals surface area contributed by atoms with Gasteiger partial charge in [0.2, 0.25) is 5.91 Å². The molecule has 4 aromatic rings. The van der Waals surface area contributed by atoms with Crippen molar-refractivity contribution in [3.63, 3.8) is 0 Å². The quantitative estimate of drug-likeness (QED) is 0.562. The molecule has 6 heteroatoms. The summed E-state index contributed by atoms with van der Waals surface area (Å²) in [6.07, 6.45) is 0. The van der Waals surface area contributed by atoms with Crippen LogP contribution in [0.1, 0.15) is 22.4 Å². The van der Waals surface area contributed by atoms with Crippen molar-refractivity contribution in [1.29, 1.82) is 0 Å². The Morgan fingerprint density at radius 3 is 2.37 bits per heavy atom. The highest BCUT2D eigenvalue weighted by Crippen LogP contribution is 2.24. The predicted molar refractivity (Wildman–Crippen MR) is 119 cm³/mol. The third kappa shape index (κ3) is 3.52. The number of aromatic nitrogens is 3. The van der Waals surface area contributed by atoms with E-state index in [9.17, 15) is 9.59 Å². The number of para-hydroxylation sites is 1. The second-order valence-electron chi connectivity index (χ2n) is 7.63. The van der Waals surface area contributed by atoms with Gasteiger partial charge in [0.15, 0.2) is 0 Å². The van der Waals surface area contributed by atoms with Gasteiger partial charge in [0.05, 0.1) is 11.4 Å². The minimum absolute atomic E-state index is 0.0967. The van der Waals surface area contributed by atoms with Crippen LogP contribution in [-0.2, 0) is 11.3 Å². The van der Waals surface area contributed by atoms with Gasteiger partial charge in [-0.3, -0.25) is 14.2 Å². The van der Waals surface area contributed by atoms with Gasteiger partial charge in [-0.25, -0.2) is 4.68 Å². The molecule has 0 aliphatic carbocycles. The maximum Gasteiger partial charge on any atom is 0.252 e. The minimum atomic E-state index is -0.260. The Labute approximate surface area is 174 Å². The van der Waals surface area contributed by atoms with Crippen LogP contribution in [0.4, 0.5) is 5.69 Å². The Balaban J connectivity index is 1.79. The molecular formula is C24H24N4O2. The summed E-state index contributed by atoms with van der Waals surface area (Å²) in [6, 6.07) is 17.0. The lowest BCUT2D eigenvalue weighted by atomic mass is 10.1. The van der Waals surface area contributed by atoms with Crippen LogP contribution in [0, 0.1) is 27.7 Å². The van der Waals surface area contributed by atoms with Crippen molar-refractivity contribution in [2.75, 3.05) is 5.32 Å². The molecule has 0 saturated heterocycles. The zero-order valence-corrected chi connectivity index (χ0v) is 17.6. The van der Waals surface area contributed by atoms with Crippen LogP contribution in [0.25, 0.3) is 16.7 Å². The molecule has 1 amide bonds. The Morgan fingerprint density at radius 1 is 0.933 bits per heavy atom. The van der Waals surface area contributed by atoms with Crippen molar-refractivity contribution in [3.05, 3.63) is 87.3 Å². The molecule has 0 aliphatic rings. The van der Waals surface area contributed by atoms with Gasteiger partial charge >= 0.3 is 0 Å². The highest BCUT2D eigenvalue weighted by molar-refractivity contribution is 5.92. The Kier molecular flexibility index (Phi) is 4.99. The summed E-state index contributed by atoms with van der Waals surface area (Å²) in [4.78, 5) is 25.7. The van der Waals surface area contributed by atoms with Gasteiger partial charge in [0, 0.05) is 17.1 Å². The number of carbonyl (C=O) groups excluding carboxylic acids is 1. The molecule has 2 aromatic heterocycles. The van der Waals surface area contributed by atoms with Crippen LogP contribution in [0.15, 0.2) is 59.4 Å². The molecule has 0 bridgehead atoms. The molecule has 0 radical (unpaired) electrons. The first-order valence-electron chi connectivity index (χ1n) is 9.87. The number of amides is 1. The molecular weight excluding hydrogens is 376 g/mol. The fourth-order valence-corrected chi connectivity index (χ4v) is 3.73. The SMILES string of the molecule is Cc1ccc(NC(=O)Cn2c(=O)cc(C)c3c(C)nn(-c4ccccc4)c32)cc1C. The zero-order chi connectivity index (χ0) is 21.4. The zero-order valence-electron chi connectivity index (χ0n) is 17.6. The van der Waals surface area contributed by atoms with Crippen LogP contribution < -0.4 is 10.9 Å². The molecule has 1 N–H and O–H groups in total. The largest absolute Gasteiger partial charge is 0.325 e. The van der Waals surface area contributed by atoms with Gasteiger partial charge < -0.3 is 5.32 Å². The monoisotopic (exact) mass is 400 g/mol. The van der Waals surface area contributed by atoms with Crippen LogP contribution in [0.5, 0.6) is 0 Å². The third-order valence-electron chi connectivity index (χ3n) is 5.39. The molecule has 152 valence electrons. The van der Waals surface area contributed by atoms with Crippen molar-refractivity contribution in [3.8, 4) is 5.69 Å². The topological polar surface area (TPSA) is 68.9 Å². The van der Waals surface area contributed by atoms with Gasteiger partial charge in [0.1, 0.15) is 12.2 Å². The van der Waals surface area contributed by atoms with Crippen LogP contribution in [-0.4, -0.2) is 20.3 Å². The molecule has 0 aliphatic heterocycles. The van der Waals surface area contributed by atoms with E-state index in [4.69, 9.17) is 0 Å². The Morgan fingerprint density at radius 2 is 1.67 bits per heavy atom. The summed E-state index contributed by atoms with van der Waals surface area (Å²) in [5.74, 6) is -0.260. The standard InChI is InChI=1S/C24H24N4O2/c1-15-10-11-19(12-16(15)2)25-21(29)14-27-22(30)13-17(3)23-18(4)26-28(24(23)27)20-8-6-5-7-9-20/h5-13H,14H2,1-4H3,(H,25,29). The number of anilines is 1. The lowest BCUT2D eigenvalue weighted by Crippen LogP contribution is -2.29. The van der Waals surface area contributed by atoms with Crippen molar-refractivity contribution >= 4 is 22.6 Å². The normalized spacial score (nSPS) is 11.1. The number of hydrogen-bond donors (Lipinski definition) is 1. The van der Waals surface area contributed by atoms with Crippen molar-refractivity contribution in [2.24, 2.45) is 0 Å². The number of carbonyl (C=O) groups is 1. The molecule has 2 aromatic carbocycles. The van der Waals surface area contributed by atoms with E-state index < -0.39 is 0 Å². The summed E-state index contributed by atoms with van der Waals surface area (Å²) >= 11 is 0. The van der Waals surface area contributed by atoms with Crippen LogP contribution >= 0.6 is 0 Å². The van der Waals surface area contributed by atoms with E-state index in [1.54, 1.807) is 10.7 Å². The van der Waals surface area contributed by atoms with Crippen molar-refractivity contribution < 1.29 is 4.79 Å². The molecule has 0 fully saturated rings. The van der Waals surface area contributed by atoms with Gasteiger partial charge in [-0.2, -0.15) is 5.10 Å². The Hall–Kier alpha value is -3.67. The first-order chi connectivity index (χ1) is 14.3. The number of nitrogens with one attached hydrogen (secondary N) is 1. The molecule has 0 atom stereocenters. The molecule has 30 heavy (non-hydrogen) atoms. The van der Waals surface area contributed by atoms with E-state index in [1.807, 2.05) is 76.2 Å². The van der Waals surface area contributed by atoms with E-state index in [-0.39, 0.29) is 18.0 Å². The number of rotatable bonds is 4. The average molecular weight is 400 g/mol. The number of hydrogen-bond acceptors (Lipinski definition) is 3. The number of aryl methyl sites for hydroxylation is 4. The Bertz CT molecular complexity index is 1320. The second kappa shape index (κ2) is 7.63. The van der Waals surface area contributed by atoms with E-state index in [0.717, 1.165) is 33.5 Å². The van der Waals surface area contributed by atoms with Gasteiger partial charge in [-0.15, -0.1) is 0 Å². The molecule has 0 spiro atoms. The van der Waals surface area contributed by atoms with Gasteiger partial charge in [-0.1, -0.05) is 24.3 Å². The summed E-state index contributed by atoms with van der Waals surface area (Å²) in [6.45, 7) is 7.74. The van der Waals surface area contributed by atoms with Crippen molar-refractivity contribution in [1.82, 2.24) is 14.3 Å². The molecule has 0 unspecified atom stereocenters. The first-order valence-corrected chi connectivity index (χ1v) is 9.87. The molecule has 4 rings (SSSR count). The third-order valence-corrected chi connectivity index (χ3v) is 5.39. The number of benzene rings is 2. The lowest BCUT2D eigenvalue weighted by Gasteiger charge is -2.13. The maximum atomic E-state index is 12.9. The van der Waals surface area contributed by atoms with E-state index in [1.165, 1.54) is 4.57 Å². The predicted octanol–water partition coefficient (Wildman–Crippen LogP) is 4.06. The van der Waals surface area contributed by atoms with Gasteiger partial charge in [-0.05, 0) is 68.7 Å². The summed E-state index contributed by atoms with van der Waals surface area (Å²) in [5.41, 5.74) is 5.87.